The van der Waals surface area contributed by atoms with Gasteiger partial charge in [0.2, 0.25) is 0 Å². The normalized spacial score (nSPS) is 14.2. The molecule has 0 unspecified atom stereocenters. The van der Waals surface area contributed by atoms with Crippen LogP contribution < -0.4 is 0 Å². The highest BCUT2D eigenvalue weighted by atomic mass is 19.1. The van der Waals surface area contributed by atoms with Crippen molar-refractivity contribution in [2.75, 3.05) is 13.1 Å². The monoisotopic (exact) mass is 491 g/mol. The van der Waals surface area contributed by atoms with Crippen molar-refractivity contribution < 1.29 is 4.39 Å². The minimum atomic E-state index is -0.464. The van der Waals surface area contributed by atoms with E-state index in [0.717, 1.165) is 47.4 Å². The molecule has 0 atom stereocenters. The minimum Gasteiger partial charge on any atom is -0.335 e. The van der Waals surface area contributed by atoms with Crippen LogP contribution in [0.15, 0.2) is 61.6 Å². The van der Waals surface area contributed by atoms with Gasteiger partial charge in [-0.1, -0.05) is 0 Å². The number of hydrogen-bond donors (Lipinski definition) is 2. The van der Waals surface area contributed by atoms with Crippen molar-refractivity contribution >= 4 is 21.9 Å². The van der Waals surface area contributed by atoms with E-state index in [-0.39, 0.29) is 5.69 Å². The summed E-state index contributed by atoms with van der Waals surface area (Å²) in [5.41, 5.74) is 6.04. The van der Waals surface area contributed by atoms with E-state index in [1.165, 1.54) is 12.8 Å². The van der Waals surface area contributed by atoms with Crippen molar-refractivity contribution in [2.24, 2.45) is 0 Å². The molecule has 1 fully saturated rings. The molecular formula is C27H22FN9. The second-order valence-corrected chi connectivity index (χ2v) is 9.25. The zero-order valence-corrected chi connectivity index (χ0v) is 19.8. The van der Waals surface area contributed by atoms with E-state index in [4.69, 9.17) is 4.98 Å². The first kappa shape index (κ1) is 21.7. The van der Waals surface area contributed by atoms with E-state index in [0.29, 0.717) is 28.0 Å². The number of aromatic amines is 2. The Hall–Kier alpha value is -4.57. The van der Waals surface area contributed by atoms with Gasteiger partial charge in [0, 0.05) is 48.7 Å². The Labute approximate surface area is 210 Å². The standard InChI is InChI=1S/C27H22FN9/c28-23-22-20(14-32-24(23)18-9-16(10-30-11-18)15-37-7-1-2-8-37)35-36-26(22)27-33-21-13-31-12-19(25(21)34-27)17-3-5-29-6-4-17/h3-6,9-14H,1-2,7-8,15H2,(H,33,34)(H,35,36). The van der Waals surface area contributed by atoms with Crippen LogP contribution in [0.5, 0.6) is 0 Å². The summed E-state index contributed by atoms with van der Waals surface area (Å²) in [6.45, 7) is 2.96. The van der Waals surface area contributed by atoms with Crippen molar-refractivity contribution in [3.8, 4) is 33.9 Å². The van der Waals surface area contributed by atoms with Crippen molar-refractivity contribution in [3.63, 3.8) is 0 Å². The summed E-state index contributed by atoms with van der Waals surface area (Å²) in [6.07, 6.45) is 14.4. The third-order valence-electron chi connectivity index (χ3n) is 6.83. The van der Waals surface area contributed by atoms with E-state index in [1.54, 1.807) is 37.2 Å². The maximum atomic E-state index is 16.0. The number of fused-ring (bicyclic) bond motifs is 2. The molecule has 0 aliphatic carbocycles. The number of imidazole rings is 1. The van der Waals surface area contributed by atoms with Crippen LogP contribution in [0, 0.1) is 5.82 Å². The van der Waals surface area contributed by atoms with Crippen LogP contribution in [-0.4, -0.2) is 58.1 Å². The van der Waals surface area contributed by atoms with E-state index in [1.807, 2.05) is 24.4 Å². The molecule has 6 aromatic heterocycles. The zero-order chi connectivity index (χ0) is 24.8. The van der Waals surface area contributed by atoms with Gasteiger partial charge < -0.3 is 4.98 Å². The van der Waals surface area contributed by atoms with Gasteiger partial charge in [0.05, 0.1) is 34.3 Å². The van der Waals surface area contributed by atoms with Crippen LogP contribution in [0.2, 0.25) is 0 Å². The summed E-state index contributed by atoms with van der Waals surface area (Å²) < 4.78 is 16.0. The molecule has 9 nitrogen and oxygen atoms in total. The predicted molar refractivity (Wildman–Crippen MR) is 138 cm³/mol. The first-order chi connectivity index (χ1) is 18.2. The Balaban J connectivity index is 1.32. The number of aromatic nitrogens is 8. The average molecular weight is 492 g/mol. The Morgan fingerprint density at radius 3 is 2.57 bits per heavy atom. The fourth-order valence-corrected chi connectivity index (χ4v) is 5.04. The van der Waals surface area contributed by atoms with E-state index >= 15 is 4.39 Å². The number of nitrogens with one attached hydrogen (secondary N) is 2. The summed E-state index contributed by atoms with van der Waals surface area (Å²) in [7, 11) is 0. The molecular weight excluding hydrogens is 469 g/mol. The van der Waals surface area contributed by atoms with Gasteiger partial charge in [0.1, 0.15) is 11.4 Å². The van der Waals surface area contributed by atoms with E-state index in [2.05, 4.69) is 40.0 Å². The highest BCUT2D eigenvalue weighted by molar-refractivity contribution is 5.97. The molecule has 0 saturated carbocycles. The quantitative estimate of drug-likeness (QED) is 0.358. The summed E-state index contributed by atoms with van der Waals surface area (Å²) >= 11 is 0. The van der Waals surface area contributed by atoms with Crippen molar-refractivity contribution in [1.82, 2.24) is 45.0 Å². The van der Waals surface area contributed by atoms with E-state index < -0.39 is 5.82 Å². The molecule has 2 N–H and O–H groups in total. The van der Waals surface area contributed by atoms with Gasteiger partial charge >= 0.3 is 0 Å². The second-order valence-electron chi connectivity index (χ2n) is 9.25. The molecule has 0 amide bonds. The summed E-state index contributed by atoms with van der Waals surface area (Å²) in [6, 6.07) is 5.77. The maximum absolute atomic E-state index is 16.0. The van der Waals surface area contributed by atoms with Crippen molar-refractivity contribution in [1.29, 1.82) is 0 Å². The van der Waals surface area contributed by atoms with Crippen LogP contribution in [0.1, 0.15) is 18.4 Å². The van der Waals surface area contributed by atoms with E-state index in [9.17, 15) is 0 Å². The van der Waals surface area contributed by atoms with Gasteiger partial charge in [-0.3, -0.25) is 29.9 Å². The Morgan fingerprint density at radius 1 is 0.865 bits per heavy atom. The van der Waals surface area contributed by atoms with Gasteiger partial charge in [-0.15, -0.1) is 0 Å². The smallest absolute Gasteiger partial charge is 0.161 e. The largest absolute Gasteiger partial charge is 0.335 e. The molecule has 0 radical (unpaired) electrons. The SMILES string of the molecule is Fc1c(-c2cncc(CN3CCCC3)c2)ncc2[nH]nc(-c3nc4c(-c5ccncc5)cncc4[nH]3)c12. The second kappa shape index (κ2) is 8.82. The Morgan fingerprint density at radius 2 is 1.70 bits per heavy atom. The topological polar surface area (TPSA) is 112 Å². The lowest BCUT2D eigenvalue weighted by atomic mass is 10.1. The molecule has 0 aromatic carbocycles. The van der Waals surface area contributed by atoms with Gasteiger partial charge in [-0.05, 0) is 55.3 Å². The molecule has 1 saturated heterocycles. The summed E-state index contributed by atoms with van der Waals surface area (Å²) in [5, 5.41) is 7.62. The molecule has 10 heteroatoms. The Bertz CT molecular complexity index is 1740. The molecule has 0 bridgehead atoms. The van der Waals surface area contributed by atoms with Crippen molar-refractivity contribution in [3.05, 3.63) is 73.0 Å². The molecule has 6 aromatic rings. The van der Waals surface area contributed by atoms with Crippen molar-refractivity contribution in [2.45, 2.75) is 19.4 Å². The number of hydrogen-bond acceptors (Lipinski definition) is 7. The predicted octanol–water partition coefficient (Wildman–Crippen LogP) is 4.76. The fourth-order valence-electron chi connectivity index (χ4n) is 5.04. The lowest BCUT2D eigenvalue weighted by molar-refractivity contribution is 0.331. The maximum Gasteiger partial charge on any atom is 0.161 e. The van der Waals surface area contributed by atoms with Crippen LogP contribution in [-0.2, 0) is 6.54 Å². The fraction of sp³-hybridized carbons (Fsp3) is 0.185. The number of rotatable bonds is 5. The lowest BCUT2D eigenvalue weighted by Crippen LogP contribution is -2.18. The lowest BCUT2D eigenvalue weighted by Gasteiger charge is -2.14. The first-order valence-electron chi connectivity index (χ1n) is 12.2. The number of halogens is 1. The van der Waals surface area contributed by atoms with Gasteiger partial charge in [-0.25, -0.2) is 9.37 Å². The molecule has 0 spiro atoms. The van der Waals surface area contributed by atoms with Crippen LogP contribution in [0.3, 0.4) is 0 Å². The van der Waals surface area contributed by atoms with Crippen LogP contribution in [0.4, 0.5) is 4.39 Å². The number of pyridine rings is 4. The van der Waals surface area contributed by atoms with Gasteiger partial charge in [0.25, 0.3) is 0 Å². The third kappa shape index (κ3) is 3.82. The average Bonchev–Trinajstić information content (AvgIpc) is 3.69. The molecule has 7 heterocycles. The summed E-state index contributed by atoms with van der Waals surface area (Å²) in [5.74, 6) is -0.0178. The summed E-state index contributed by atoms with van der Waals surface area (Å²) in [4.78, 5) is 27.7. The molecule has 182 valence electrons. The highest BCUT2D eigenvalue weighted by Crippen LogP contribution is 2.34. The minimum absolute atomic E-state index is 0.237. The van der Waals surface area contributed by atoms with Gasteiger partial charge in [0.15, 0.2) is 11.6 Å². The molecule has 1 aliphatic heterocycles. The molecule has 7 rings (SSSR count). The number of likely N-dealkylation sites (tertiary alicyclic amines) is 1. The zero-order valence-electron chi connectivity index (χ0n) is 19.8. The van der Waals surface area contributed by atoms with Crippen LogP contribution >= 0.6 is 0 Å². The highest BCUT2D eigenvalue weighted by Gasteiger charge is 2.22. The van der Waals surface area contributed by atoms with Crippen LogP contribution in [0.25, 0.3) is 55.8 Å². The Kier molecular flexibility index (Phi) is 5.17. The van der Waals surface area contributed by atoms with Gasteiger partial charge in [-0.2, -0.15) is 5.10 Å². The molecule has 37 heavy (non-hydrogen) atoms. The number of nitrogens with zero attached hydrogens (tertiary/aromatic N) is 7. The first-order valence-corrected chi connectivity index (χ1v) is 12.2. The third-order valence-corrected chi connectivity index (χ3v) is 6.83. The number of H-pyrrole nitrogens is 2. The molecule has 1 aliphatic rings.